The number of likely N-dealkylation sites (tertiary alicyclic amines) is 1. The fourth-order valence-electron chi connectivity index (χ4n) is 2.89. The summed E-state index contributed by atoms with van der Waals surface area (Å²) in [4.78, 5) is 14.5. The van der Waals surface area contributed by atoms with Crippen molar-refractivity contribution in [2.75, 3.05) is 13.1 Å². The minimum atomic E-state index is 0.0213. The van der Waals surface area contributed by atoms with E-state index in [0.717, 1.165) is 24.9 Å². The minimum absolute atomic E-state index is 0.0213. The van der Waals surface area contributed by atoms with E-state index in [4.69, 9.17) is 0 Å². The van der Waals surface area contributed by atoms with Gasteiger partial charge in [-0.25, -0.2) is 0 Å². The first kappa shape index (κ1) is 14.8. The molecule has 118 valence electrons. The van der Waals surface area contributed by atoms with Gasteiger partial charge in [-0.2, -0.15) is 10.2 Å². The van der Waals surface area contributed by atoms with Gasteiger partial charge in [0.15, 0.2) is 0 Å². The standard InChI is InChI=1S/C16H23N5O/c1-12(2)20-8-6-15(18-20)16(22)19-7-4-5-14(11-19)21-10-13(3)9-17-21/h6,8-10,12,14H,4-5,7,11H2,1-3H3. The average molecular weight is 301 g/mol. The average Bonchev–Trinajstić information content (AvgIpc) is 3.15. The summed E-state index contributed by atoms with van der Waals surface area (Å²) in [6.45, 7) is 7.64. The van der Waals surface area contributed by atoms with E-state index in [1.807, 2.05) is 45.8 Å². The van der Waals surface area contributed by atoms with Crippen LogP contribution in [0.2, 0.25) is 0 Å². The third-order valence-corrected chi connectivity index (χ3v) is 4.14. The van der Waals surface area contributed by atoms with Crippen molar-refractivity contribution in [3.63, 3.8) is 0 Å². The van der Waals surface area contributed by atoms with Crippen LogP contribution in [0.1, 0.15) is 54.8 Å². The molecule has 1 atom stereocenters. The van der Waals surface area contributed by atoms with Crippen LogP contribution >= 0.6 is 0 Å². The summed E-state index contributed by atoms with van der Waals surface area (Å²) in [5.41, 5.74) is 1.69. The monoisotopic (exact) mass is 301 g/mol. The number of hydrogen-bond acceptors (Lipinski definition) is 3. The lowest BCUT2D eigenvalue weighted by Gasteiger charge is -2.32. The fourth-order valence-corrected chi connectivity index (χ4v) is 2.89. The number of aryl methyl sites for hydroxylation is 1. The van der Waals surface area contributed by atoms with Crippen molar-refractivity contribution in [3.05, 3.63) is 35.9 Å². The molecule has 0 saturated carbocycles. The molecule has 3 rings (SSSR count). The van der Waals surface area contributed by atoms with Crippen molar-refractivity contribution in [2.24, 2.45) is 0 Å². The van der Waals surface area contributed by atoms with Crippen molar-refractivity contribution < 1.29 is 4.79 Å². The number of carbonyl (C=O) groups excluding carboxylic acids is 1. The van der Waals surface area contributed by atoms with Crippen LogP contribution in [0.25, 0.3) is 0 Å². The van der Waals surface area contributed by atoms with E-state index in [1.54, 1.807) is 0 Å². The van der Waals surface area contributed by atoms with E-state index in [1.165, 1.54) is 0 Å². The molecule has 0 aromatic carbocycles. The van der Waals surface area contributed by atoms with Crippen LogP contribution < -0.4 is 0 Å². The number of aromatic nitrogens is 4. The number of carbonyl (C=O) groups is 1. The SMILES string of the molecule is Cc1cnn(C2CCCN(C(=O)c3ccn(C(C)C)n3)C2)c1. The molecule has 2 aromatic heterocycles. The van der Waals surface area contributed by atoms with Crippen LogP contribution in [-0.2, 0) is 0 Å². The maximum Gasteiger partial charge on any atom is 0.274 e. The van der Waals surface area contributed by atoms with Gasteiger partial charge >= 0.3 is 0 Å². The summed E-state index contributed by atoms with van der Waals surface area (Å²) in [6, 6.07) is 2.34. The quantitative estimate of drug-likeness (QED) is 0.875. The van der Waals surface area contributed by atoms with Crippen LogP contribution in [0.3, 0.4) is 0 Å². The summed E-state index contributed by atoms with van der Waals surface area (Å²) in [7, 11) is 0. The lowest BCUT2D eigenvalue weighted by Crippen LogP contribution is -2.41. The van der Waals surface area contributed by atoms with Crippen LogP contribution in [0.4, 0.5) is 0 Å². The van der Waals surface area contributed by atoms with Crippen molar-refractivity contribution in [3.8, 4) is 0 Å². The van der Waals surface area contributed by atoms with Crippen LogP contribution in [0, 0.1) is 6.92 Å². The molecule has 0 N–H and O–H groups in total. The first-order chi connectivity index (χ1) is 10.5. The maximum absolute atomic E-state index is 12.6. The van der Waals surface area contributed by atoms with Gasteiger partial charge in [-0.3, -0.25) is 14.2 Å². The highest BCUT2D eigenvalue weighted by molar-refractivity contribution is 5.92. The van der Waals surface area contributed by atoms with Crippen LogP contribution in [0.15, 0.2) is 24.7 Å². The molecule has 6 heteroatoms. The predicted molar refractivity (Wildman–Crippen MR) is 83.8 cm³/mol. The van der Waals surface area contributed by atoms with Crippen molar-refractivity contribution in [1.29, 1.82) is 0 Å². The first-order valence-corrected chi connectivity index (χ1v) is 7.90. The molecular weight excluding hydrogens is 278 g/mol. The lowest BCUT2D eigenvalue weighted by molar-refractivity contribution is 0.0666. The predicted octanol–water partition coefficient (Wildman–Crippen LogP) is 2.45. The highest BCUT2D eigenvalue weighted by Crippen LogP contribution is 2.22. The molecule has 0 bridgehead atoms. The number of amides is 1. The van der Waals surface area contributed by atoms with E-state index in [-0.39, 0.29) is 18.0 Å². The Morgan fingerprint density at radius 2 is 2.23 bits per heavy atom. The van der Waals surface area contributed by atoms with Gasteiger partial charge in [-0.05, 0) is 45.2 Å². The largest absolute Gasteiger partial charge is 0.335 e. The lowest BCUT2D eigenvalue weighted by atomic mass is 10.1. The first-order valence-electron chi connectivity index (χ1n) is 7.90. The summed E-state index contributed by atoms with van der Waals surface area (Å²) in [6.07, 6.45) is 7.85. The summed E-state index contributed by atoms with van der Waals surface area (Å²) >= 11 is 0. The highest BCUT2D eigenvalue weighted by atomic mass is 16.2. The zero-order chi connectivity index (χ0) is 15.7. The maximum atomic E-state index is 12.6. The molecule has 0 spiro atoms. The molecule has 2 aromatic rings. The van der Waals surface area contributed by atoms with Crippen molar-refractivity contribution in [1.82, 2.24) is 24.5 Å². The third kappa shape index (κ3) is 2.91. The second kappa shape index (κ2) is 5.94. The molecule has 1 aliphatic rings. The Bertz CT molecular complexity index is 657. The van der Waals surface area contributed by atoms with Gasteiger partial charge in [0.25, 0.3) is 5.91 Å². The number of hydrogen-bond donors (Lipinski definition) is 0. The van der Waals surface area contributed by atoms with Crippen molar-refractivity contribution in [2.45, 2.75) is 45.7 Å². The Kier molecular flexibility index (Phi) is 4.00. The molecule has 1 fully saturated rings. The Labute approximate surface area is 130 Å². The minimum Gasteiger partial charge on any atom is -0.335 e. The molecular formula is C16H23N5O. The van der Waals surface area contributed by atoms with E-state index in [9.17, 15) is 4.79 Å². The summed E-state index contributed by atoms with van der Waals surface area (Å²) < 4.78 is 3.81. The smallest absolute Gasteiger partial charge is 0.274 e. The molecule has 0 aliphatic carbocycles. The zero-order valence-corrected chi connectivity index (χ0v) is 13.4. The number of nitrogens with zero attached hydrogens (tertiary/aromatic N) is 5. The van der Waals surface area contributed by atoms with E-state index in [0.29, 0.717) is 12.2 Å². The van der Waals surface area contributed by atoms with E-state index >= 15 is 0 Å². The highest BCUT2D eigenvalue weighted by Gasteiger charge is 2.27. The Morgan fingerprint density at radius 3 is 2.86 bits per heavy atom. The van der Waals surface area contributed by atoms with E-state index in [2.05, 4.69) is 24.0 Å². The molecule has 1 saturated heterocycles. The Morgan fingerprint density at radius 1 is 1.41 bits per heavy atom. The number of piperidine rings is 1. The Hall–Kier alpha value is -2.11. The molecule has 1 amide bonds. The molecule has 0 radical (unpaired) electrons. The van der Waals surface area contributed by atoms with Gasteiger partial charge in [0, 0.05) is 31.5 Å². The van der Waals surface area contributed by atoms with Gasteiger partial charge in [0.05, 0.1) is 12.2 Å². The second-order valence-electron chi connectivity index (χ2n) is 6.32. The van der Waals surface area contributed by atoms with Gasteiger partial charge in [0.1, 0.15) is 5.69 Å². The summed E-state index contributed by atoms with van der Waals surface area (Å²) in [5, 5.41) is 8.78. The topological polar surface area (TPSA) is 56.0 Å². The van der Waals surface area contributed by atoms with Crippen LogP contribution in [-0.4, -0.2) is 43.5 Å². The molecule has 3 heterocycles. The van der Waals surface area contributed by atoms with E-state index < -0.39 is 0 Å². The van der Waals surface area contributed by atoms with Gasteiger partial charge in [-0.15, -0.1) is 0 Å². The Balaban J connectivity index is 1.72. The molecule has 22 heavy (non-hydrogen) atoms. The van der Waals surface area contributed by atoms with Crippen LogP contribution in [0.5, 0.6) is 0 Å². The zero-order valence-electron chi connectivity index (χ0n) is 13.4. The fraction of sp³-hybridized carbons (Fsp3) is 0.562. The third-order valence-electron chi connectivity index (χ3n) is 4.14. The molecule has 1 aliphatic heterocycles. The van der Waals surface area contributed by atoms with Crippen molar-refractivity contribution >= 4 is 5.91 Å². The summed E-state index contributed by atoms with van der Waals surface area (Å²) in [5.74, 6) is 0.0213. The molecule has 6 nitrogen and oxygen atoms in total. The normalized spacial score (nSPS) is 18.9. The molecule has 1 unspecified atom stereocenters. The van der Waals surface area contributed by atoms with Gasteiger partial charge in [0.2, 0.25) is 0 Å². The van der Waals surface area contributed by atoms with Gasteiger partial charge < -0.3 is 4.90 Å². The second-order valence-corrected chi connectivity index (χ2v) is 6.32. The number of rotatable bonds is 3. The van der Waals surface area contributed by atoms with Gasteiger partial charge in [-0.1, -0.05) is 0 Å².